The van der Waals surface area contributed by atoms with Gasteiger partial charge in [-0.3, -0.25) is 9.89 Å². The summed E-state index contributed by atoms with van der Waals surface area (Å²) in [4.78, 5) is 17.6. The Morgan fingerprint density at radius 1 is 1.15 bits per heavy atom. The molecule has 0 bridgehead atoms. The molecule has 4 aromatic heterocycles. The van der Waals surface area contributed by atoms with Crippen molar-refractivity contribution in [2.75, 3.05) is 0 Å². The number of thiazole rings is 1. The lowest BCUT2D eigenvalue weighted by molar-refractivity contribution is 0.577. The predicted octanol–water partition coefficient (Wildman–Crippen LogP) is 2.35. The van der Waals surface area contributed by atoms with Crippen LogP contribution in [-0.4, -0.2) is 24.8 Å². The molecule has 0 unspecified atom stereocenters. The van der Waals surface area contributed by atoms with E-state index in [2.05, 4.69) is 20.3 Å². The lowest BCUT2D eigenvalue weighted by Gasteiger charge is -1.98. The lowest BCUT2D eigenvalue weighted by atomic mass is 10.1. The number of hydrogen-bond donors (Lipinski definition) is 1. The number of hydrogen-bond acceptors (Lipinski definition) is 6. The number of nitrogens with one attached hydrogen (secondary N) is 1. The van der Waals surface area contributed by atoms with E-state index in [0.717, 1.165) is 16.8 Å². The maximum absolute atomic E-state index is 12.7. The summed E-state index contributed by atoms with van der Waals surface area (Å²) in [5.74, 6) is 0.935. The Balaban J connectivity index is 1.62. The van der Waals surface area contributed by atoms with E-state index in [1.807, 2.05) is 36.4 Å². The van der Waals surface area contributed by atoms with Gasteiger partial charge in [0.05, 0.1) is 22.7 Å². The molecule has 0 fully saturated rings. The molecule has 1 N–H and O–H groups in total. The lowest BCUT2D eigenvalue weighted by Crippen LogP contribution is -2.23. The first-order valence-corrected chi connectivity index (χ1v) is 8.65. The molecule has 0 atom stereocenters. The number of benzene rings is 1. The van der Waals surface area contributed by atoms with Crippen molar-refractivity contribution >= 4 is 22.4 Å². The highest BCUT2D eigenvalue weighted by Crippen LogP contribution is 2.21. The minimum atomic E-state index is -0.212. The zero-order valence-electron chi connectivity index (χ0n) is 13.3. The first-order chi connectivity index (χ1) is 12.8. The molecule has 26 heavy (non-hydrogen) atoms. The smallest absolute Gasteiger partial charge is 0.291 e. The Labute approximate surface area is 150 Å². The summed E-state index contributed by atoms with van der Waals surface area (Å²) in [5.41, 5.74) is 2.49. The molecule has 0 aliphatic rings. The van der Waals surface area contributed by atoms with Gasteiger partial charge < -0.3 is 4.42 Å². The van der Waals surface area contributed by atoms with Crippen LogP contribution < -0.4 is 10.1 Å². The number of fused-ring (bicyclic) bond motifs is 1. The minimum absolute atomic E-state index is 0.212. The summed E-state index contributed by atoms with van der Waals surface area (Å²) >= 11 is 1.28. The Morgan fingerprint density at radius 3 is 2.81 bits per heavy atom. The Bertz CT molecular complexity index is 1300. The molecule has 0 aliphatic heterocycles. The topological polar surface area (TPSA) is 89.1 Å². The van der Waals surface area contributed by atoms with Crippen molar-refractivity contribution in [3.05, 3.63) is 75.4 Å². The van der Waals surface area contributed by atoms with Crippen molar-refractivity contribution in [1.82, 2.24) is 24.8 Å². The molecule has 0 saturated heterocycles. The van der Waals surface area contributed by atoms with E-state index in [0.29, 0.717) is 21.1 Å². The van der Waals surface area contributed by atoms with Gasteiger partial charge in [0.15, 0.2) is 5.76 Å². The average Bonchev–Trinajstić information content (AvgIpc) is 3.43. The number of rotatable bonds is 3. The molecule has 0 radical (unpaired) electrons. The second-order valence-corrected chi connectivity index (χ2v) is 6.60. The monoisotopic (exact) mass is 361 g/mol. The van der Waals surface area contributed by atoms with Gasteiger partial charge in [-0.2, -0.15) is 14.6 Å². The van der Waals surface area contributed by atoms with Crippen LogP contribution in [0, 0.1) is 0 Å². The van der Waals surface area contributed by atoms with Crippen LogP contribution in [0.3, 0.4) is 0 Å². The van der Waals surface area contributed by atoms with Crippen molar-refractivity contribution in [1.29, 1.82) is 0 Å². The highest BCUT2D eigenvalue weighted by molar-refractivity contribution is 7.15. The summed E-state index contributed by atoms with van der Waals surface area (Å²) in [6.07, 6.45) is 5.06. The summed E-state index contributed by atoms with van der Waals surface area (Å²) in [6, 6.07) is 13.4. The van der Waals surface area contributed by atoms with Gasteiger partial charge in [-0.15, -0.1) is 5.10 Å². The Kier molecular flexibility index (Phi) is 3.29. The standard InChI is InChI=1S/C18H11N5O2S/c24-17-14(9-12-10-19-21-15(12)11-5-2-1-3-6-11)26-18-20-16(22-23(17)18)13-7-4-8-25-13/h1-10H,(H,19,21)/b14-9-. The van der Waals surface area contributed by atoms with Crippen molar-refractivity contribution in [3.63, 3.8) is 0 Å². The summed E-state index contributed by atoms with van der Waals surface area (Å²) < 4.78 is 7.13. The van der Waals surface area contributed by atoms with E-state index < -0.39 is 0 Å². The first kappa shape index (κ1) is 14.8. The highest BCUT2D eigenvalue weighted by atomic mass is 32.1. The second kappa shape index (κ2) is 5.78. The van der Waals surface area contributed by atoms with Gasteiger partial charge >= 0.3 is 0 Å². The third-order valence-corrected chi connectivity index (χ3v) is 4.90. The molecule has 5 aromatic rings. The Morgan fingerprint density at radius 2 is 2.04 bits per heavy atom. The molecule has 1 aromatic carbocycles. The van der Waals surface area contributed by atoms with E-state index in [1.54, 1.807) is 24.6 Å². The molecular formula is C18H11N5O2S. The third-order valence-electron chi connectivity index (χ3n) is 3.94. The number of furan rings is 1. The quantitative estimate of drug-likeness (QED) is 0.533. The fourth-order valence-electron chi connectivity index (χ4n) is 2.73. The summed E-state index contributed by atoms with van der Waals surface area (Å²) in [7, 11) is 0. The van der Waals surface area contributed by atoms with Crippen molar-refractivity contribution in [2.24, 2.45) is 0 Å². The van der Waals surface area contributed by atoms with E-state index in [1.165, 1.54) is 15.9 Å². The van der Waals surface area contributed by atoms with Gasteiger partial charge in [0.2, 0.25) is 10.8 Å². The molecule has 8 heteroatoms. The zero-order chi connectivity index (χ0) is 17.5. The van der Waals surface area contributed by atoms with E-state index in [9.17, 15) is 4.79 Å². The second-order valence-electron chi connectivity index (χ2n) is 5.59. The van der Waals surface area contributed by atoms with Gasteiger partial charge in [-0.05, 0) is 18.2 Å². The van der Waals surface area contributed by atoms with Crippen molar-refractivity contribution in [2.45, 2.75) is 0 Å². The van der Waals surface area contributed by atoms with Crippen LogP contribution in [0.2, 0.25) is 0 Å². The van der Waals surface area contributed by atoms with Gasteiger partial charge in [0.1, 0.15) is 0 Å². The number of nitrogens with zero attached hydrogens (tertiary/aromatic N) is 4. The van der Waals surface area contributed by atoms with E-state index >= 15 is 0 Å². The molecule has 4 heterocycles. The van der Waals surface area contributed by atoms with Gasteiger partial charge in [-0.1, -0.05) is 41.7 Å². The van der Waals surface area contributed by atoms with Crippen LogP contribution >= 0.6 is 11.3 Å². The van der Waals surface area contributed by atoms with Gasteiger partial charge in [0, 0.05) is 11.1 Å². The van der Waals surface area contributed by atoms with Crippen LogP contribution in [0.4, 0.5) is 0 Å². The number of aromatic amines is 1. The molecule has 0 amide bonds. The van der Waals surface area contributed by atoms with E-state index in [4.69, 9.17) is 4.42 Å². The minimum Gasteiger partial charge on any atom is -0.461 e. The van der Waals surface area contributed by atoms with Gasteiger partial charge in [0.25, 0.3) is 5.56 Å². The third kappa shape index (κ3) is 2.35. The van der Waals surface area contributed by atoms with Gasteiger partial charge in [-0.25, -0.2) is 0 Å². The summed E-state index contributed by atoms with van der Waals surface area (Å²) in [6.45, 7) is 0. The first-order valence-electron chi connectivity index (χ1n) is 7.83. The largest absolute Gasteiger partial charge is 0.461 e. The molecule has 0 spiro atoms. The van der Waals surface area contributed by atoms with Crippen LogP contribution in [-0.2, 0) is 0 Å². The van der Waals surface area contributed by atoms with Crippen molar-refractivity contribution in [3.8, 4) is 22.8 Å². The van der Waals surface area contributed by atoms with Crippen molar-refractivity contribution < 1.29 is 4.42 Å². The highest BCUT2D eigenvalue weighted by Gasteiger charge is 2.14. The fraction of sp³-hybridized carbons (Fsp3) is 0. The van der Waals surface area contributed by atoms with Crippen LogP contribution in [0.25, 0.3) is 33.9 Å². The number of aromatic nitrogens is 5. The molecule has 7 nitrogen and oxygen atoms in total. The maximum atomic E-state index is 12.7. The van der Waals surface area contributed by atoms with Crippen LogP contribution in [0.15, 0.2) is 64.1 Å². The SMILES string of the molecule is O=c1/c(=C/c2cn[nH]c2-c2ccccc2)sc2nc(-c3ccco3)nn12. The summed E-state index contributed by atoms with van der Waals surface area (Å²) in [5, 5.41) is 11.3. The molecular weight excluding hydrogens is 350 g/mol. The Hall–Kier alpha value is -3.52. The molecule has 126 valence electrons. The van der Waals surface area contributed by atoms with Crippen LogP contribution in [0.5, 0.6) is 0 Å². The predicted molar refractivity (Wildman–Crippen MR) is 97.6 cm³/mol. The van der Waals surface area contributed by atoms with E-state index in [-0.39, 0.29) is 5.56 Å². The molecule has 0 aliphatic carbocycles. The fourth-order valence-corrected chi connectivity index (χ4v) is 3.62. The maximum Gasteiger partial charge on any atom is 0.291 e. The van der Waals surface area contributed by atoms with Crippen LogP contribution in [0.1, 0.15) is 5.56 Å². The number of H-pyrrole nitrogens is 1. The zero-order valence-corrected chi connectivity index (χ0v) is 14.1. The molecule has 5 rings (SSSR count). The normalized spacial score (nSPS) is 12.2. The molecule has 0 saturated carbocycles. The average molecular weight is 361 g/mol.